The number of carbonyl (C=O) groups excluding carboxylic acids is 1. The summed E-state index contributed by atoms with van der Waals surface area (Å²) in [5.41, 5.74) is 0. The van der Waals surface area contributed by atoms with E-state index in [0.717, 1.165) is 122 Å². The Kier molecular flexibility index (Phi) is 42.6. The first-order valence-corrected chi connectivity index (χ1v) is 28.8. The average molecular weight is 1060 g/mol. The highest BCUT2D eigenvalue weighted by Crippen LogP contribution is 2.26. The molecule has 0 spiro atoms. The van der Waals surface area contributed by atoms with E-state index in [1.54, 1.807) is 0 Å². The highest BCUT2D eigenvalue weighted by atomic mass is 16.7. The average Bonchev–Trinajstić information content (AvgIpc) is 3.41. The van der Waals surface area contributed by atoms with Crippen LogP contribution in [0.15, 0.2) is 97.2 Å². The van der Waals surface area contributed by atoms with Gasteiger partial charge in [0.2, 0.25) is 0 Å². The van der Waals surface area contributed by atoms with Gasteiger partial charge in [-0.15, -0.1) is 0 Å². The maximum Gasteiger partial charge on any atom is 0.306 e. The van der Waals surface area contributed by atoms with E-state index in [0.29, 0.717) is 13.0 Å². The zero-order chi connectivity index (χ0) is 54.4. The fourth-order valence-electron chi connectivity index (χ4n) is 8.44. The quantitative estimate of drug-likeness (QED) is 0.0172. The van der Waals surface area contributed by atoms with E-state index in [4.69, 9.17) is 28.4 Å². The number of allylic oxidation sites excluding steroid dienone is 16. The maximum atomic E-state index is 13.1. The molecular weight excluding hydrogens is 957 g/mol. The molecule has 11 atom stereocenters. The van der Waals surface area contributed by atoms with Crippen molar-refractivity contribution in [2.24, 2.45) is 0 Å². The van der Waals surface area contributed by atoms with Crippen molar-refractivity contribution >= 4 is 5.97 Å². The summed E-state index contributed by atoms with van der Waals surface area (Å²) in [5.74, 6) is -0.398. The third-order valence-corrected chi connectivity index (χ3v) is 13.1. The third-order valence-electron chi connectivity index (χ3n) is 13.1. The molecule has 2 fully saturated rings. The fraction of sp³-hybridized carbons (Fsp3) is 0.721. The van der Waals surface area contributed by atoms with Crippen LogP contribution in [0.5, 0.6) is 0 Å². The molecular formula is C61H102O14. The largest absolute Gasteiger partial charge is 0.457 e. The summed E-state index contributed by atoms with van der Waals surface area (Å²) in [5, 5.41) is 72.3. The molecule has 7 N–H and O–H groups in total. The van der Waals surface area contributed by atoms with Crippen molar-refractivity contribution in [3.05, 3.63) is 97.2 Å². The normalized spacial score (nSPS) is 25.3. The number of hydrogen-bond acceptors (Lipinski definition) is 14. The molecule has 0 amide bonds. The Hall–Kier alpha value is -3.09. The molecule has 0 radical (unpaired) electrons. The molecule has 2 heterocycles. The van der Waals surface area contributed by atoms with Gasteiger partial charge in [0.1, 0.15) is 54.9 Å². The number of aliphatic hydroxyl groups is 7. The third kappa shape index (κ3) is 33.7. The SMILES string of the molecule is CC/C=C\C/C=C\C/C=C\C/C=C\C/C=C\CCCCCCCCOCC(COC1OC(COC2OC(CO)C(O)C(O)C2O)C(O)C(O)C1O)OC(=O)CCCCCCCC/C=C\C/C=C\C/C=C\CCCCC. The molecule has 0 aliphatic carbocycles. The van der Waals surface area contributed by atoms with Gasteiger partial charge in [0.05, 0.1) is 26.4 Å². The van der Waals surface area contributed by atoms with Gasteiger partial charge in [-0.25, -0.2) is 0 Å². The minimum absolute atomic E-state index is 0.0396. The first-order chi connectivity index (χ1) is 36.6. The molecule has 2 rings (SSSR count). The van der Waals surface area contributed by atoms with E-state index in [-0.39, 0.29) is 19.6 Å². The number of aliphatic hydroxyl groups excluding tert-OH is 7. The van der Waals surface area contributed by atoms with Gasteiger partial charge in [0.25, 0.3) is 0 Å². The summed E-state index contributed by atoms with van der Waals surface area (Å²) in [6.45, 7) is 3.48. The topological polar surface area (TPSA) is 214 Å². The van der Waals surface area contributed by atoms with Crippen LogP contribution in [0.4, 0.5) is 0 Å². The summed E-state index contributed by atoms with van der Waals surface area (Å²) >= 11 is 0. The molecule has 0 saturated carbocycles. The van der Waals surface area contributed by atoms with Crippen LogP contribution in [-0.2, 0) is 33.2 Å². The summed E-state index contributed by atoms with van der Waals surface area (Å²) in [6, 6.07) is 0. The van der Waals surface area contributed by atoms with Crippen molar-refractivity contribution in [3.63, 3.8) is 0 Å². The van der Waals surface area contributed by atoms with Crippen LogP contribution in [0.3, 0.4) is 0 Å². The lowest BCUT2D eigenvalue weighted by atomic mass is 9.98. The molecule has 430 valence electrons. The zero-order valence-electron chi connectivity index (χ0n) is 46.0. The van der Waals surface area contributed by atoms with Gasteiger partial charge in [-0.1, -0.05) is 175 Å². The highest BCUT2D eigenvalue weighted by Gasteiger charge is 2.47. The van der Waals surface area contributed by atoms with E-state index < -0.39 is 86.7 Å². The van der Waals surface area contributed by atoms with Gasteiger partial charge >= 0.3 is 5.97 Å². The van der Waals surface area contributed by atoms with Crippen LogP contribution in [-0.4, -0.2) is 142 Å². The number of ether oxygens (including phenoxy) is 6. The van der Waals surface area contributed by atoms with Gasteiger partial charge in [-0.2, -0.15) is 0 Å². The minimum Gasteiger partial charge on any atom is -0.457 e. The molecule has 0 bridgehead atoms. The predicted molar refractivity (Wildman–Crippen MR) is 298 cm³/mol. The Balaban J connectivity index is 1.74. The zero-order valence-corrected chi connectivity index (χ0v) is 46.0. The van der Waals surface area contributed by atoms with Crippen molar-refractivity contribution in [1.82, 2.24) is 0 Å². The number of unbranched alkanes of at least 4 members (excludes halogenated alkanes) is 15. The monoisotopic (exact) mass is 1060 g/mol. The molecule has 11 unspecified atom stereocenters. The van der Waals surface area contributed by atoms with Crippen LogP contribution in [0.2, 0.25) is 0 Å². The highest BCUT2D eigenvalue weighted by molar-refractivity contribution is 5.69. The Morgan fingerprint density at radius 2 is 0.867 bits per heavy atom. The number of carbonyl (C=O) groups is 1. The van der Waals surface area contributed by atoms with Crippen molar-refractivity contribution in [2.75, 3.05) is 33.0 Å². The first-order valence-electron chi connectivity index (χ1n) is 28.8. The summed E-state index contributed by atoms with van der Waals surface area (Å²) in [6.07, 6.45) is 46.0. The standard InChI is InChI=1S/C61H102O14/c1-3-5-7-9-11-13-15-17-19-21-23-24-25-27-29-31-33-35-37-39-41-43-45-70-47-50(73-53(63)44-42-40-38-36-34-32-30-28-26-22-20-18-16-14-12-10-8-6-4-2)48-71-60-59(69)57(67)55(65)52(75-60)49-72-61-58(68)56(66)54(64)51(46-62)74-61/h5,7,11-14,17-20,23-24,26-29,50-52,54-62,64-69H,3-4,6,8-10,15-16,21-22,25,30-49H2,1-2H3/b7-5-,13-11-,14-12-,19-17-,20-18-,24-23-,28-26-,29-27-. The molecule has 2 aliphatic rings. The molecule has 2 aliphatic heterocycles. The predicted octanol–water partition coefficient (Wildman–Crippen LogP) is 10.2. The Labute approximate surface area is 452 Å². The van der Waals surface area contributed by atoms with Crippen molar-refractivity contribution in [1.29, 1.82) is 0 Å². The lowest BCUT2D eigenvalue weighted by Crippen LogP contribution is -2.61. The molecule has 0 aromatic carbocycles. The van der Waals surface area contributed by atoms with E-state index in [9.17, 15) is 40.5 Å². The summed E-state index contributed by atoms with van der Waals surface area (Å²) in [4.78, 5) is 13.1. The summed E-state index contributed by atoms with van der Waals surface area (Å²) < 4.78 is 34.4. The van der Waals surface area contributed by atoms with Gasteiger partial charge < -0.3 is 64.2 Å². The maximum absolute atomic E-state index is 13.1. The Morgan fingerprint density at radius 1 is 0.453 bits per heavy atom. The first kappa shape index (κ1) is 68.0. The van der Waals surface area contributed by atoms with Crippen molar-refractivity contribution in [3.8, 4) is 0 Å². The smallest absolute Gasteiger partial charge is 0.306 e. The van der Waals surface area contributed by atoms with Crippen LogP contribution in [0.25, 0.3) is 0 Å². The van der Waals surface area contributed by atoms with Crippen molar-refractivity contribution in [2.45, 2.75) is 248 Å². The Bertz CT molecular complexity index is 1610. The summed E-state index contributed by atoms with van der Waals surface area (Å²) in [7, 11) is 0. The lowest BCUT2D eigenvalue weighted by molar-refractivity contribution is -0.332. The Morgan fingerprint density at radius 3 is 1.36 bits per heavy atom. The number of rotatable bonds is 45. The van der Waals surface area contributed by atoms with Gasteiger partial charge in [-0.3, -0.25) is 4.79 Å². The van der Waals surface area contributed by atoms with Crippen LogP contribution < -0.4 is 0 Å². The molecule has 2 saturated heterocycles. The van der Waals surface area contributed by atoms with E-state index in [1.807, 2.05) is 0 Å². The number of esters is 1. The fourth-order valence-corrected chi connectivity index (χ4v) is 8.44. The molecule has 0 aromatic heterocycles. The van der Waals surface area contributed by atoms with Gasteiger partial charge in [0.15, 0.2) is 12.6 Å². The van der Waals surface area contributed by atoms with E-state index in [2.05, 4.69) is 111 Å². The second-order valence-electron chi connectivity index (χ2n) is 19.7. The van der Waals surface area contributed by atoms with Gasteiger partial charge in [0, 0.05) is 13.0 Å². The van der Waals surface area contributed by atoms with Crippen molar-refractivity contribution < 1.29 is 69.0 Å². The molecule has 75 heavy (non-hydrogen) atoms. The lowest BCUT2D eigenvalue weighted by Gasteiger charge is -2.42. The van der Waals surface area contributed by atoms with E-state index in [1.165, 1.54) is 32.1 Å². The van der Waals surface area contributed by atoms with E-state index >= 15 is 0 Å². The molecule has 14 heteroatoms. The van der Waals surface area contributed by atoms with Crippen LogP contribution in [0.1, 0.15) is 181 Å². The minimum atomic E-state index is -1.72. The number of hydrogen-bond donors (Lipinski definition) is 7. The van der Waals surface area contributed by atoms with Crippen LogP contribution >= 0.6 is 0 Å². The van der Waals surface area contributed by atoms with Gasteiger partial charge in [-0.05, 0) is 96.3 Å². The van der Waals surface area contributed by atoms with Crippen LogP contribution in [0, 0.1) is 0 Å². The molecule has 14 nitrogen and oxygen atoms in total. The second-order valence-corrected chi connectivity index (χ2v) is 19.7. The molecule has 0 aromatic rings. The second kappa shape index (κ2) is 47.0.